The fourth-order valence-electron chi connectivity index (χ4n) is 2.32. The second-order valence-corrected chi connectivity index (χ2v) is 4.75. The van der Waals surface area contributed by atoms with Crippen molar-refractivity contribution in [2.24, 2.45) is 0 Å². The number of aryl methyl sites for hydroxylation is 1. The maximum Gasteiger partial charge on any atom is 0.248 e. The summed E-state index contributed by atoms with van der Waals surface area (Å²) >= 11 is 0. The zero-order valence-electron chi connectivity index (χ0n) is 10.8. The van der Waals surface area contributed by atoms with Crippen molar-refractivity contribution in [3.05, 3.63) is 76.3 Å². The number of pyridine rings is 2. The molecule has 0 aliphatic heterocycles. The second-order valence-electron chi connectivity index (χ2n) is 4.75. The number of hydrogen-bond acceptors (Lipinski definition) is 1. The highest BCUT2D eigenvalue weighted by Crippen LogP contribution is 2.11. The Labute approximate surface area is 111 Å². The molecular weight excluding hydrogens is 236 g/mol. The minimum Gasteiger partial charge on any atom is -0.317 e. The number of H-pyrrole nitrogens is 1. The molecule has 0 unspecified atom stereocenters. The number of benzene rings is 1. The van der Waals surface area contributed by atoms with E-state index in [0.717, 1.165) is 23.0 Å². The highest BCUT2D eigenvalue weighted by atomic mass is 16.1. The molecule has 94 valence electrons. The molecule has 1 aromatic carbocycles. The Morgan fingerprint density at radius 3 is 2.74 bits per heavy atom. The predicted molar refractivity (Wildman–Crippen MR) is 75.0 cm³/mol. The summed E-state index contributed by atoms with van der Waals surface area (Å²) in [5.74, 6) is 0. The van der Waals surface area contributed by atoms with E-state index >= 15 is 0 Å². The first-order chi connectivity index (χ1) is 9.22. The average molecular weight is 251 g/mol. The average Bonchev–Trinajstić information content (AvgIpc) is 2.39. The summed E-state index contributed by atoms with van der Waals surface area (Å²) in [5, 5.41) is 1.09. The standard InChI is InChI=1S/C16H14N2O/c1-12-9-16(19)17-15-11-18(8-7-14(12)15)10-13-5-3-2-4-6-13/h2-9,11H,10H2,1H3/p+1. The summed E-state index contributed by atoms with van der Waals surface area (Å²) in [6.07, 6.45) is 4.03. The first-order valence-corrected chi connectivity index (χ1v) is 6.29. The van der Waals surface area contributed by atoms with E-state index in [9.17, 15) is 4.79 Å². The van der Waals surface area contributed by atoms with Crippen LogP contribution < -0.4 is 10.1 Å². The molecule has 3 rings (SSSR count). The molecule has 0 spiro atoms. The molecule has 19 heavy (non-hydrogen) atoms. The van der Waals surface area contributed by atoms with Gasteiger partial charge in [0.05, 0.1) is 0 Å². The van der Waals surface area contributed by atoms with Gasteiger partial charge in [0.25, 0.3) is 0 Å². The van der Waals surface area contributed by atoms with Gasteiger partial charge in [-0.05, 0) is 12.5 Å². The molecule has 2 heterocycles. The van der Waals surface area contributed by atoms with E-state index in [2.05, 4.69) is 21.7 Å². The van der Waals surface area contributed by atoms with Crippen LogP contribution in [0.1, 0.15) is 11.1 Å². The van der Waals surface area contributed by atoms with Crippen LogP contribution in [0.4, 0.5) is 0 Å². The molecule has 3 aromatic rings. The highest BCUT2D eigenvalue weighted by molar-refractivity contribution is 5.79. The molecule has 2 aromatic heterocycles. The largest absolute Gasteiger partial charge is 0.317 e. The summed E-state index contributed by atoms with van der Waals surface area (Å²) in [7, 11) is 0. The lowest BCUT2D eigenvalue weighted by Crippen LogP contribution is -2.33. The number of nitrogens with one attached hydrogen (secondary N) is 1. The van der Waals surface area contributed by atoms with E-state index in [-0.39, 0.29) is 5.56 Å². The molecule has 0 atom stereocenters. The van der Waals surface area contributed by atoms with Crippen molar-refractivity contribution in [2.75, 3.05) is 0 Å². The minimum absolute atomic E-state index is 0.0533. The van der Waals surface area contributed by atoms with Crippen LogP contribution in [-0.4, -0.2) is 4.98 Å². The Morgan fingerprint density at radius 1 is 1.16 bits per heavy atom. The van der Waals surface area contributed by atoms with Crippen LogP contribution in [0.2, 0.25) is 0 Å². The first-order valence-electron chi connectivity index (χ1n) is 6.29. The van der Waals surface area contributed by atoms with Crippen LogP contribution in [0.15, 0.2) is 59.7 Å². The van der Waals surface area contributed by atoms with E-state index in [4.69, 9.17) is 0 Å². The maximum atomic E-state index is 11.5. The highest BCUT2D eigenvalue weighted by Gasteiger charge is 2.07. The lowest BCUT2D eigenvalue weighted by Gasteiger charge is -2.02. The smallest absolute Gasteiger partial charge is 0.248 e. The molecule has 3 nitrogen and oxygen atoms in total. The van der Waals surface area contributed by atoms with Crippen molar-refractivity contribution < 1.29 is 4.57 Å². The van der Waals surface area contributed by atoms with Gasteiger partial charge in [-0.2, -0.15) is 4.57 Å². The van der Waals surface area contributed by atoms with Crippen molar-refractivity contribution in [2.45, 2.75) is 13.5 Å². The monoisotopic (exact) mass is 251 g/mol. The maximum absolute atomic E-state index is 11.5. The number of aromatic amines is 1. The third kappa shape index (κ3) is 2.40. The Balaban J connectivity index is 2.05. The lowest BCUT2D eigenvalue weighted by atomic mass is 10.1. The number of rotatable bonds is 2. The number of fused-ring (bicyclic) bond motifs is 1. The Bertz CT molecular complexity index is 776. The quantitative estimate of drug-likeness (QED) is 0.696. The molecule has 0 aliphatic rings. The molecular formula is C16H15N2O+. The molecule has 3 heteroatoms. The van der Waals surface area contributed by atoms with Crippen molar-refractivity contribution >= 4 is 10.9 Å². The molecule has 0 aliphatic carbocycles. The zero-order chi connectivity index (χ0) is 13.2. The van der Waals surface area contributed by atoms with Gasteiger partial charge in [0, 0.05) is 23.1 Å². The van der Waals surface area contributed by atoms with Crippen LogP contribution in [0, 0.1) is 6.92 Å². The normalized spacial score (nSPS) is 10.8. The third-order valence-corrected chi connectivity index (χ3v) is 3.26. The first kappa shape index (κ1) is 11.7. The molecule has 0 bridgehead atoms. The van der Waals surface area contributed by atoms with Gasteiger partial charge < -0.3 is 4.98 Å². The topological polar surface area (TPSA) is 36.7 Å². The Kier molecular flexibility index (Phi) is 2.88. The van der Waals surface area contributed by atoms with Gasteiger partial charge >= 0.3 is 0 Å². The van der Waals surface area contributed by atoms with Crippen LogP contribution in [0.25, 0.3) is 10.9 Å². The number of nitrogens with zero attached hydrogens (tertiary/aromatic N) is 1. The van der Waals surface area contributed by atoms with Gasteiger partial charge in [-0.1, -0.05) is 30.3 Å². The minimum atomic E-state index is -0.0533. The predicted octanol–water partition coefficient (Wildman–Crippen LogP) is 2.17. The van der Waals surface area contributed by atoms with Gasteiger partial charge in [0.15, 0.2) is 18.9 Å². The second kappa shape index (κ2) is 4.69. The van der Waals surface area contributed by atoms with Gasteiger partial charge in [-0.15, -0.1) is 0 Å². The SMILES string of the molecule is Cc1cc(=O)[nH]c2c[n+](Cc3ccccc3)ccc12. The van der Waals surface area contributed by atoms with Gasteiger partial charge in [-0.3, -0.25) is 4.79 Å². The molecule has 1 N–H and O–H groups in total. The van der Waals surface area contributed by atoms with E-state index in [1.807, 2.05) is 43.6 Å². The Hall–Kier alpha value is -2.42. The van der Waals surface area contributed by atoms with Crippen LogP contribution in [-0.2, 0) is 6.54 Å². The molecule has 0 amide bonds. The van der Waals surface area contributed by atoms with Crippen molar-refractivity contribution in [3.8, 4) is 0 Å². The van der Waals surface area contributed by atoms with E-state index < -0.39 is 0 Å². The zero-order valence-corrected chi connectivity index (χ0v) is 10.8. The van der Waals surface area contributed by atoms with Crippen LogP contribution in [0.3, 0.4) is 0 Å². The molecule has 0 saturated heterocycles. The summed E-state index contributed by atoms with van der Waals surface area (Å²) in [6, 6.07) is 13.9. The van der Waals surface area contributed by atoms with Crippen LogP contribution in [0.5, 0.6) is 0 Å². The number of aromatic nitrogens is 2. The summed E-state index contributed by atoms with van der Waals surface area (Å²) in [4.78, 5) is 14.4. The fraction of sp³-hybridized carbons (Fsp3) is 0.125. The fourth-order valence-corrected chi connectivity index (χ4v) is 2.32. The van der Waals surface area contributed by atoms with Gasteiger partial charge in [-0.25, -0.2) is 0 Å². The van der Waals surface area contributed by atoms with Gasteiger partial charge in [0.1, 0.15) is 5.52 Å². The van der Waals surface area contributed by atoms with Crippen molar-refractivity contribution in [1.82, 2.24) is 4.98 Å². The van der Waals surface area contributed by atoms with E-state index in [0.29, 0.717) is 0 Å². The van der Waals surface area contributed by atoms with E-state index in [1.54, 1.807) is 6.07 Å². The molecule has 0 fully saturated rings. The summed E-state index contributed by atoms with van der Waals surface area (Å²) < 4.78 is 2.08. The molecule has 0 saturated carbocycles. The van der Waals surface area contributed by atoms with Crippen molar-refractivity contribution in [3.63, 3.8) is 0 Å². The third-order valence-electron chi connectivity index (χ3n) is 3.26. The van der Waals surface area contributed by atoms with Crippen LogP contribution >= 0.6 is 0 Å². The van der Waals surface area contributed by atoms with Crippen molar-refractivity contribution in [1.29, 1.82) is 0 Å². The van der Waals surface area contributed by atoms with E-state index in [1.165, 1.54) is 5.56 Å². The lowest BCUT2D eigenvalue weighted by molar-refractivity contribution is -0.687. The molecule has 0 radical (unpaired) electrons. The Morgan fingerprint density at radius 2 is 1.95 bits per heavy atom. The summed E-state index contributed by atoms with van der Waals surface area (Å²) in [6.45, 7) is 2.76. The van der Waals surface area contributed by atoms with Gasteiger partial charge in [0.2, 0.25) is 5.56 Å². The number of hydrogen-bond donors (Lipinski definition) is 1. The summed E-state index contributed by atoms with van der Waals surface area (Å²) in [5.41, 5.74) is 3.07.